The van der Waals surface area contributed by atoms with E-state index in [1.165, 1.54) is 12.3 Å². The zero-order valence-electron chi connectivity index (χ0n) is 17.3. The molecule has 0 aliphatic rings. The van der Waals surface area contributed by atoms with Crippen molar-refractivity contribution >= 4 is 21.8 Å². The zero-order chi connectivity index (χ0) is 21.7. The number of nitrogens with one attached hydrogen (secondary N) is 1. The molecule has 0 fully saturated rings. The van der Waals surface area contributed by atoms with Gasteiger partial charge in [0.25, 0.3) is 0 Å². The van der Waals surface area contributed by atoms with Crippen LogP contribution >= 0.6 is 0 Å². The van der Waals surface area contributed by atoms with Crippen LogP contribution in [0.4, 0.5) is 0 Å². The second-order valence-electron chi connectivity index (χ2n) is 7.31. The molecular formula is C24H25NO4S. The summed E-state index contributed by atoms with van der Waals surface area (Å²) in [5.74, 6) is -0.0815. The van der Waals surface area contributed by atoms with Crippen LogP contribution in [0.15, 0.2) is 76.2 Å². The predicted octanol–water partition coefficient (Wildman–Crippen LogP) is 4.55. The molecule has 3 rings (SSSR count). The number of amides is 1. The van der Waals surface area contributed by atoms with E-state index in [0.29, 0.717) is 11.3 Å². The number of carbonyl (C=O) groups excluding carboxylic acids is 1. The van der Waals surface area contributed by atoms with E-state index in [-0.39, 0.29) is 17.3 Å². The minimum Gasteiger partial charge on any atom is -0.468 e. The second-order valence-corrected chi connectivity index (χ2v) is 9.41. The molecule has 1 heterocycles. The summed E-state index contributed by atoms with van der Waals surface area (Å²) in [6, 6.07) is 16.3. The van der Waals surface area contributed by atoms with Gasteiger partial charge in [0.15, 0.2) is 9.84 Å². The van der Waals surface area contributed by atoms with Crippen molar-refractivity contribution in [2.75, 3.05) is 6.54 Å². The van der Waals surface area contributed by atoms with Crippen LogP contribution in [0.1, 0.15) is 33.3 Å². The van der Waals surface area contributed by atoms with E-state index >= 15 is 0 Å². The fourth-order valence-corrected chi connectivity index (χ4v) is 5.02. The number of benzene rings is 2. The Morgan fingerprint density at radius 1 is 1.03 bits per heavy atom. The molecule has 0 saturated heterocycles. The van der Waals surface area contributed by atoms with Crippen molar-refractivity contribution in [3.63, 3.8) is 0 Å². The Balaban J connectivity index is 1.80. The Bertz CT molecular complexity index is 1140. The van der Waals surface area contributed by atoms with E-state index in [4.69, 9.17) is 4.42 Å². The zero-order valence-corrected chi connectivity index (χ0v) is 18.1. The molecule has 1 atom stereocenters. The van der Waals surface area contributed by atoms with E-state index in [1.807, 2.05) is 44.2 Å². The Morgan fingerprint density at radius 3 is 2.40 bits per heavy atom. The van der Waals surface area contributed by atoms with E-state index in [2.05, 4.69) is 5.32 Å². The minimum atomic E-state index is -3.78. The van der Waals surface area contributed by atoms with Crippen molar-refractivity contribution in [1.29, 1.82) is 0 Å². The molecule has 2 aromatic carbocycles. The molecule has 0 spiro atoms. The topological polar surface area (TPSA) is 76.4 Å². The van der Waals surface area contributed by atoms with Crippen molar-refractivity contribution < 1.29 is 17.6 Å². The summed E-state index contributed by atoms with van der Waals surface area (Å²) >= 11 is 0. The summed E-state index contributed by atoms with van der Waals surface area (Å²) < 4.78 is 32.2. The van der Waals surface area contributed by atoms with Crippen LogP contribution in [0.3, 0.4) is 0 Å². The number of rotatable bonds is 7. The van der Waals surface area contributed by atoms with Gasteiger partial charge < -0.3 is 9.73 Å². The van der Waals surface area contributed by atoms with Gasteiger partial charge in [-0.15, -0.1) is 0 Å². The monoisotopic (exact) mass is 423 g/mol. The highest BCUT2D eigenvalue weighted by molar-refractivity contribution is 7.91. The third kappa shape index (κ3) is 5.07. The minimum absolute atomic E-state index is 0.0969. The lowest BCUT2D eigenvalue weighted by Crippen LogP contribution is -2.31. The number of aryl methyl sites for hydroxylation is 3. The van der Waals surface area contributed by atoms with Crippen LogP contribution in [0.2, 0.25) is 0 Å². The molecule has 0 bridgehead atoms. The highest BCUT2D eigenvalue weighted by atomic mass is 32.2. The average Bonchev–Trinajstić information content (AvgIpc) is 3.23. The largest absolute Gasteiger partial charge is 0.468 e. The quantitative estimate of drug-likeness (QED) is 0.566. The average molecular weight is 424 g/mol. The molecule has 30 heavy (non-hydrogen) atoms. The highest BCUT2D eigenvalue weighted by Gasteiger charge is 2.32. The lowest BCUT2D eigenvalue weighted by molar-refractivity contribution is -0.116. The number of carbonyl (C=O) groups is 1. The highest BCUT2D eigenvalue weighted by Crippen LogP contribution is 2.31. The third-order valence-electron chi connectivity index (χ3n) is 4.85. The summed E-state index contributed by atoms with van der Waals surface area (Å²) in [4.78, 5) is 12.6. The fourth-order valence-electron chi connectivity index (χ4n) is 3.11. The summed E-state index contributed by atoms with van der Waals surface area (Å²) in [5, 5.41) is 1.67. The van der Waals surface area contributed by atoms with Crippen LogP contribution in [-0.4, -0.2) is 20.9 Å². The van der Waals surface area contributed by atoms with Crippen LogP contribution < -0.4 is 5.32 Å². The van der Waals surface area contributed by atoms with Gasteiger partial charge in [0, 0.05) is 12.6 Å². The number of sulfone groups is 1. The van der Waals surface area contributed by atoms with Gasteiger partial charge in [-0.3, -0.25) is 4.79 Å². The lowest BCUT2D eigenvalue weighted by Gasteiger charge is -2.18. The molecular weight excluding hydrogens is 398 g/mol. The van der Waals surface area contributed by atoms with Crippen LogP contribution in [0, 0.1) is 20.8 Å². The van der Waals surface area contributed by atoms with Crippen LogP contribution in [-0.2, 0) is 14.6 Å². The predicted molar refractivity (Wildman–Crippen MR) is 118 cm³/mol. The molecule has 1 N–H and O–H groups in total. The molecule has 6 heteroatoms. The van der Waals surface area contributed by atoms with Gasteiger partial charge in [0.05, 0.1) is 11.2 Å². The summed E-state index contributed by atoms with van der Waals surface area (Å²) in [7, 11) is -3.78. The summed E-state index contributed by atoms with van der Waals surface area (Å²) in [6.07, 6.45) is 4.52. The third-order valence-corrected chi connectivity index (χ3v) is 7.05. The van der Waals surface area contributed by atoms with Crippen LogP contribution in [0.25, 0.3) is 6.08 Å². The molecule has 5 nitrogen and oxygen atoms in total. The first-order chi connectivity index (χ1) is 14.3. The SMILES string of the molecule is Cc1ccc(/C=C/C(=O)NC[C@H](c2ccco2)S(=O)(=O)c2cc(C)ccc2C)cc1. The normalized spacial score (nSPS) is 12.8. The van der Waals surface area contributed by atoms with E-state index in [0.717, 1.165) is 16.7 Å². The fraction of sp³-hybridized carbons (Fsp3) is 0.208. The van der Waals surface area contributed by atoms with E-state index in [9.17, 15) is 13.2 Å². The molecule has 156 valence electrons. The first kappa shape index (κ1) is 21.6. The van der Waals surface area contributed by atoms with Gasteiger partial charge in [-0.1, -0.05) is 42.0 Å². The lowest BCUT2D eigenvalue weighted by atomic mass is 10.1. The van der Waals surface area contributed by atoms with E-state index < -0.39 is 15.1 Å². The Hall–Kier alpha value is -3.12. The summed E-state index contributed by atoms with van der Waals surface area (Å²) in [6.45, 7) is 5.50. The first-order valence-electron chi connectivity index (χ1n) is 9.64. The van der Waals surface area contributed by atoms with Gasteiger partial charge in [-0.25, -0.2) is 8.42 Å². The second kappa shape index (κ2) is 9.13. The Labute approximate surface area is 177 Å². The molecule has 0 unspecified atom stereocenters. The first-order valence-corrected chi connectivity index (χ1v) is 11.2. The van der Waals surface area contributed by atoms with Gasteiger partial charge in [-0.2, -0.15) is 0 Å². The molecule has 0 radical (unpaired) electrons. The molecule has 0 aliphatic heterocycles. The maximum atomic E-state index is 13.4. The van der Waals surface area contributed by atoms with Gasteiger partial charge in [0.2, 0.25) is 5.91 Å². The molecule has 1 aromatic heterocycles. The number of hydrogen-bond acceptors (Lipinski definition) is 4. The molecule has 0 aliphatic carbocycles. The van der Waals surface area contributed by atoms with Crippen LogP contribution in [0.5, 0.6) is 0 Å². The Morgan fingerprint density at radius 2 is 1.73 bits per heavy atom. The maximum absolute atomic E-state index is 13.4. The number of hydrogen-bond donors (Lipinski definition) is 1. The van der Waals surface area contributed by atoms with Crippen molar-refractivity contribution in [2.24, 2.45) is 0 Å². The van der Waals surface area contributed by atoms with Gasteiger partial charge in [0.1, 0.15) is 11.0 Å². The van der Waals surface area contributed by atoms with Crippen molar-refractivity contribution in [3.05, 3.63) is 95.0 Å². The number of furan rings is 1. The van der Waals surface area contributed by atoms with Crippen molar-refractivity contribution in [3.8, 4) is 0 Å². The molecule has 0 saturated carbocycles. The smallest absolute Gasteiger partial charge is 0.244 e. The van der Waals surface area contributed by atoms with Gasteiger partial charge >= 0.3 is 0 Å². The standard InChI is InChI=1S/C24H25NO4S/c1-17-7-10-20(11-8-17)12-13-24(26)25-16-23(21-5-4-14-29-21)30(27,28)22-15-18(2)6-9-19(22)3/h4-15,23H,16H2,1-3H3,(H,25,26)/b13-12+/t23-/m1/s1. The summed E-state index contributed by atoms with van der Waals surface area (Å²) in [5.41, 5.74) is 3.53. The van der Waals surface area contributed by atoms with Gasteiger partial charge in [-0.05, 0) is 61.7 Å². The van der Waals surface area contributed by atoms with Crippen molar-refractivity contribution in [2.45, 2.75) is 30.9 Å². The van der Waals surface area contributed by atoms with E-state index in [1.54, 1.807) is 37.3 Å². The molecule has 3 aromatic rings. The molecule has 1 amide bonds. The van der Waals surface area contributed by atoms with Crippen molar-refractivity contribution in [1.82, 2.24) is 5.32 Å². The maximum Gasteiger partial charge on any atom is 0.244 e. The Kier molecular flexibility index (Phi) is 6.57.